The molecule has 1 saturated heterocycles. The lowest BCUT2D eigenvalue weighted by Crippen LogP contribution is -2.35. The first-order chi connectivity index (χ1) is 13.0. The first-order valence-corrected chi connectivity index (χ1v) is 8.74. The van der Waals surface area contributed by atoms with Gasteiger partial charge in [-0.3, -0.25) is 19.3 Å². The maximum atomic E-state index is 11.9. The molecule has 1 aromatic carbocycles. The van der Waals surface area contributed by atoms with Crippen LogP contribution in [-0.2, 0) is 32.1 Å². The number of aromatic nitrogens is 1. The molecule has 4 rings (SSSR count). The molecule has 1 aromatic heterocycles. The van der Waals surface area contributed by atoms with Gasteiger partial charge in [0.1, 0.15) is 30.7 Å². The lowest BCUT2D eigenvalue weighted by molar-refractivity contribution is -0.153. The van der Waals surface area contributed by atoms with Crippen LogP contribution in [0.3, 0.4) is 0 Å². The number of carbonyl (C=O) groups is 3. The molecule has 0 radical (unpaired) electrons. The van der Waals surface area contributed by atoms with Crippen molar-refractivity contribution in [3.63, 3.8) is 0 Å². The third-order valence-corrected chi connectivity index (χ3v) is 4.57. The van der Waals surface area contributed by atoms with Gasteiger partial charge in [-0.15, -0.1) is 0 Å². The van der Waals surface area contributed by atoms with Gasteiger partial charge < -0.3 is 14.0 Å². The number of ether oxygens (including phenoxy) is 2. The topological polar surface area (TPSA) is 98.9 Å². The average molecular weight is 370 g/mol. The molecule has 0 spiro atoms. The van der Waals surface area contributed by atoms with Gasteiger partial charge in [0.25, 0.3) is 0 Å². The highest BCUT2D eigenvalue weighted by molar-refractivity contribution is 6.04. The van der Waals surface area contributed by atoms with Gasteiger partial charge in [-0.1, -0.05) is 17.3 Å². The summed E-state index contributed by atoms with van der Waals surface area (Å²) >= 11 is 0. The molecule has 0 aliphatic carbocycles. The molecule has 27 heavy (non-hydrogen) atoms. The second-order valence-corrected chi connectivity index (χ2v) is 6.67. The summed E-state index contributed by atoms with van der Waals surface area (Å²) in [6.07, 6.45) is 1.33. The number of carbonyl (C=O) groups excluding carboxylic acids is 3. The zero-order valence-electron chi connectivity index (χ0n) is 14.8. The van der Waals surface area contributed by atoms with Gasteiger partial charge in [-0.25, -0.2) is 0 Å². The van der Waals surface area contributed by atoms with Crippen molar-refractivity contribution in [1.29, 1.82) is 0 Å². The Bertz CT molecular complexity index is 903. The maximum absolute atomic E-state index is 11.9. The van der Waals surface area contributed by atoms with E-state index >= 15 is 0 Å². The van der Waals surface area contributed by atoms with E-state index in [9.17, 15) is 14.4 Å². The van der Waals surface area contributed by atoms with E-state index in [0.717, 1.165) is 28.2 Å². The number of benzene rings is 1. The maximum Gasteiger partial charge on any atom is 0.326 e. The summed E-state index contributed by atoms with van der Waals surface area (Å²) in [6.45, 7) is 1.55. The number of esters is 1. The predicted molar refractivity (Wildman–Crippen MR) is 91.5 cm³/mol. The quantitative estimate of drug-likeness (QED) is 0.585. The molecule has 8 nitrogen and oxygen atoms in total. The van der Waals surface area contributed by atoms with E-state index in [0.29, 0.717) is 11.5 Å². The Morgan fingerprint density at radius 1 is 1.26 bits per heavy atom. The van der Waals surface area contributed by atoms with Crippen molar-refractivity contribution in [2.45, 2.75) is 38.9 Å². The Balaban J connectivity index is 1.36. The normalized spacial score (nSPS) is 18.6. The largest absolute Gasteiger partial charge is 0.490 e. The molecule has 1 unspecified atom stereocenters. The molecular formula is C19H18N2O6. The van der Waals surface area contributed by atoms with Crippen LogP contribution in [0.1, 0.15) is 31.0 Å². The highest BCUT2D eigenvalue weighted by atomic mass is 16.5. The van der Waals surface area contributed by atoms with E-state index in [1.165, 1.54) is 0 Å². The van der Waals surface area contributed by atoms with Crippen LogP contribution in [0, 0.1) is 0 Å². The summed E-state index contributed by atoms with van der Waals surface area (Å²) in [5.74, 6) is 0.00642. The van der Waals surface area contributed by atoms with Gasteiger partial charge in [0, 0.05) is 30.9 Å². The number of imide groups is 1. The van der Waals surface area contributed by atoms with Crippen molar-refractivity contribution in [2.24, 2.45) is 0 Å². The number of hydrogen-bond acceptors (Lipinski definition) is 7. The number of nitrogens with zero attached hydrogens (tertiary/aromatic N) is 2. The smallest absolute Gasteiger partial charge is 0.326 e. The zero-order chi connectivity index (χ0) is 19.0. The molecule has 8 heteroatoms. The molecule has 0 bridgehead atoms. The fourth-order valence-electron chi connectivity index (χ4n) is 3.20. The fourth-order valence-corrected chi connectivity index (χ4v) is 3.20. The monoisotopic (exact) mass is 370 g/mol. The lowest BCUT2D eigenvalue weighted by Gasteiger charge is -2.12. The van der Waals surface area contributed by atoms with Gasteiger partial charge >= 0.3 is 5.97 Å². The minimum absolute atomic E-state index is 0.100. The molecule has 1 fully saturated rings. The summed E-state index contributed by atoms with van der Waals surface area (Å²) in [6, 6.07) is 7.51. The minimum atomic E-state index is -0.664. The molecule has 1 atom stereocenters. The van der Waals surface area contributed by atoms with Crippen molar-refractivity contribution in [3.8, 4) is 17.1 Å². The third kappa shape index (κ3) is 3.55. The highest BCUT2D eigenvalue weighted by Gasteiger charge is 2.31. The first-order valence-electron chi connectivity index (χ1n) is 8.74. The number of rotatable bonds is 5. The Kier molecular flexibility index (Phi) is 4.39. The van der Waals surface area contributed by atoms with Gasteiger partial charge in [-0.2, -0.15) is 0 Å². The van der Waals surface area contributed by atoms with Crippen molar-refractivity contribution < 1.29 is 28.4 Å². The molecule has 0 N–H and O–H groups in total. The van der Waals surface area contributed by atoms with Gasteiger partial charge in [0.05, 0.1) is 0 Å². The van der Waals surface area contributed by atoms with Crippen molar-refractivity contribution in [2.75, 3.05) is 6.54 Å². The van der Waals surface area contributed by atoms with Crippen LogP contribution in [0.2, 0.25) is 0 Å². The molecule has 140 valence electrons. The number of fused-ring (bicyclic) bond motifs is 1. The minimum Gasteiger partial charge on any atom is -0.490 e. The van der Waals surface area contributed by atoms with Crippen LogP contribution < -0.4 is 4.74 Å². The Hall–Kier alpha value is -3.16. The zero-order valence-corrected chi connectivity index (χ0v) is 14.8. The molecule has 0 saturated carbocycles. The molecule has 3 heterocycles. The van der Waals surface area contributed by atoms with Crippen molar-refractivity contribution in [3.05, 3.63) is 35.5 Å². The summed E-state index contributed by atoms with van der Waals surface area (Å²) in [4.78, 5) is 35.8. The van der Waals surface area contributed by atoms with Crippen molar-refractivity contribution in [1.82, 2.24) is 10.1 Å². The van der Waals surface area contributed by atoms with Crippen LogP contribution in [0.15, 0.2) is 28.8 Å². The van der Waals surface area contributed by atoms with Crippen LogP contribution in [0.5, 0.6) is 5.75 Å². The van der Waals surface area contributed by atoms with E-state index in [4.69, 9.17) is 14.0 Å². The Labute approximate surface area is 155 Å². The summed E-state index contributed by atoms with van der Waals surface area (Å²) in [5.41, 5.74) is 2.42. The van der Waals surface area contributed by atoms with Crippen LogP contribution in [0.25, 0.3) is 11.3 Å². The van der Waals surface area contributed by atoms with E-state index in [-0.39, 0.29) is 43.9 Å². The Morgan fingerprint density at radius 2 is 2.04 bits per heavy atom. The first kappa shape index (κ1) is 17.3. The third-order valence-electron chi connectivity index (χ3n) is 4.57. The second-order valence-electron chi connectivity index (χ2n) is 6.67. The number of hydrogen-bond donors (Lipinski definition) is 0. The molecule has 2 aliphatic rings. The molecule has 2 amide bonds. The second kappa shape index (κ2) is 6.86. The van der Waals surface area contributed by atoms with E-state index in [1.807, 2.05) is 25.1 Å². The average Bonchev–Trinajstić information content (AvgIpc) is 3.33. The number of amides is 2. The number of likely N-dealkylation sites (tertiary alicyclic amines) is 1. The SMILES string of the molecule is CC1Cc2ccc(-c3cc(COC(=O)CN4C(=O)CCC4=O)no3)cc2O1. The standard InChI is InChI=1S/C19H18N2O6/c1-11-6-12-2-3-13(7-15(12)26-11)16-8-14(20-27-16)10-25-19(24)9-21-17(22)4-5-18(21)23/h2-3,7-8,11H,4-6,9-10H2,1H3. The van der Waals surface area contributed by atoms with Gasteiger partial charge in [0.15, 0.2) is 5.76 Å². The Morgan fingerprint density at radius 3 is 2.81 bits per heavy atom. The van der Waals surface area contributed by atoms with Gasteiger partial charge in [0.2, 0.25) is 11.8 Å². The highest BCUT2D eigenvalue weighted by Crippen LogP contribution is 2.33. The van der Waals surface area contributed by atoms with E-state index < -0.39 is 5.97 Å². The van der Waals surface area contributed by atoms with E-state index in [1.54, 1.807) is 6.07 Å². The summed E-state index contributed by atoms with van der Waals surface area (Å²) < 4.78 is 16.2. The van der Waals surface area contributed by atoms with Crippen LogP contribution in [-0.4, -0.2) is 40.5 Å². The molecular weight excluding hydrogens is 352 g/mol. The van der Waals surface area contributed by atoms with Crippen LogP contribution >= 0.6 is 0 Å². The molecule has 2 aromatic rings. The van der Waals surface area contributed by atoms with Crippen LogP contribution in [0.4, 0.5) is 0 Å². The van der Waals surface area contributed by atoms with Crippen molar-refractivity contribution >= 4 is 17.8 Å². The summed E-state index contributed by atoms with van der Waals surface area (Å²) in [7, 11) is 0. The predicted octanol–water partition coefficient (Wildman–Crippen LogP) is 1.86. The fraction of sp³-hybridized carbons (Fsp3) is 0.368. The lowest BCUT2D eigenvalue weighted by atomic mass is 10.1. The van der Waals surface area contributed by atoms with Gasteiger partial charge in [-0.05, 0) is 18.6 Å². The molecule has 2 aliphatic heterocycles. The van der Waals surface area contributed by atoms with E-state index in [2.05, 4.69) is 5.16 Å². The summed E-state index contributed by atoms with van der Waals surface area (Å²) in [5, 5.41) is 3.89.